The van der Waals surface area contributed by atoms with Gasteiger partial charge >= 0.3 is 12.1 Å². The van der Waals surface area contributed by atoms with Gasteiger partial charge in [0, 0.05) is 19.6 Å². The van der Waals surface area contributed by atoms with Gasteiger partial charge in [-0.15, -0.1) is 0 Å². The van der Waals surface area contributed by atoms with Gasteiger partial charge in [-0.05, 0) is 17.7 Å². The fourth-order valence-corrected chi connectivity index (χ4v) is 2.25. The highest BCUT2D eigenvalue weighted by Gasteiger charge is 2.30. The minimum absolute atomic E-state index is 0.0414. The van der Waals surface area contributed by atoms with Crippen LogP contribution in [0.5, 0.6) is 0 Å². The SMILES string of the molecule is O=C(O)CCN1CCOC(c2ccc(C(F)(F)F)cc2)C1. The van der Waals surface area contributed by atoms with Crippen LogP contribution in [0.3, 0.4) is 0 Å². The minimum Gasteiger partial charge on any atom is -0.481 e. The molecule has 21 heavy (non-hydrogen) atoms. The second-order valence-corrected chi connectivity index (χ2v) is 4.92. The zero-order valence-electron chi connectivity index (χ0n) is 11.3. The molecule has 0 aromatic heterocycles. The van der Waals surface area contributed by atoms with Gasteiger partial charge in [-0.2, -0.15) is 13.2 Å². The van der Waals surface area contributed by atoms with Crippen LogP contribution < -0.4 is 0 Å². The van der Waals surface area contributed by atoms with E-state index in [-0.39, 0.29) is 12.5 Å². The third kappa shape index (κ3) is 4.44. The highest BCUT2D eigenvalue weighted by molar-refractivity contribution is 5.66. The Morgan fingerprint density at radius 2 is 2.00 bits per heavy atom. The maximum atomic E-state index is 12.5. The zero-order chi connectivity index (χ0) is 15.5. The summed E-state index contributed by atoms with van der Waals surface area (Å²) < 4.78 is 43.1. The van der Waals surface area contributed by atoms with Crippen LogP contribution in [0.2, 0.25) is 0 Å². The first kappa shape index (κ1) is 15.8. The Morgan fingerprint density at radius 3 is 2.57 bits per heavy atom. The Kier molecular flexibility index (Phi) is 4.84. The second kappa shape index (κ2) is 6.44. The minimum atomic E-state index is -4.35. The zero-order valence-corrected chi connectivity index (χ0v) is 11.3. The lowest BCUT2D eigenvalue weighted by atomic mass is 10.1. The molecule has 1 heterocycles. The van der Waals surface area contributed by atoms with Crippen LogP contribution in [-0.2, 0) is 15.7 Å². The maximum Gasteiger partial charge on any atom is 0.416 e. The highest BCUT2D eigenvalue weighted by atomic mass is 19.4. The van der Waals surface area contributed by atoms with Crippen molar-refractivity contribution in [1.29, 1.82) is 0 Å². The van der Waals surface area contributed by atoms with E-state index in [1.165, 1.54) is 12.1 Å². The summed E-state index contributed by atoms with van der Waals surface area (Å²) >= 11 is 0. The Hall–Kier alpha value is -1.60. The van der Waals surface area contributed by atoms with Crippen LogP contribution in [0.15, 0.2) is 24.3 Å². The summed E-state index contributed by atoms with van der Waals surface area (Å²) in [6, 6.07) is 4.89. The molecule has 2 rings (SSSR count). The predicted molar refractivity (Wildman–Crippen MR) is 68.8 cm³/mol. The van der Waals surface area contributed by atoms with Crippen LogP contribution >= 0.6 is 0 Å². The van der Waals surface area contributed by atoms with Gasteiger partial charge < -0.3 is 9.84 Å². The molecule has 1 unspecified atom stereocenters. The van der Waals surface area contributed by atoms with Crippen LogP contribution in [0, 0.1) is 0 Å². The molecule has 1 aromatic carbocycles. The summed E-state index contributed by atoms with van der Waals surface area (Å²) in [5.41, 5.74) is -0.0205. The number of carboxylic acids is 1. The molecule has 1 saturated heterocycles. The number of halogens is 3. The van der Waals surface area contributed by atoms with Crippen molar-refractivity contribution in [3.8, 4) is 0 Å². The molecular formula is C14H16F3NO3. The number of hydrogen-bond acceptors (Lipinski definition) is 3. The molecular weight excluding hydrogens is 287 g/mol. The van der Waals surface area contributed by atoms with Crippen LogP contribution in [0.4, 0.5) is 13.2 Å². The number of alkyl halides is 3. The molecule has 7 heteroatoms. The van der Waals surface area contributed by atoms with E-state index in [0.29, 0.717) is 31.8 Å². The van der Waals surface area contributed by atoms with Gasteiger partial charge in [0.25, 0.3) is 0 Å². The average molecular weight is 303 g/mol. The largest absolute Gasteiger partial charge is 0.481 e. The summed E-state index contributed by atoms with van der Waals surface area (Å²) in [5.74, 6) is -0.868. The first-order valence-corrected chi connectivity index (χ1v) is 6.59. The third-order valence-corrected chi connectivity index (χ3v) is 3.40. The van der Waals surface area contributed by atoms with Gasteiger partial charge in [0.1, 0.15) is 0 Å². The van der Waals surface area contributed by atoms with Gasteiger partial charge in [0.05, 0.1) is 24.7 Å². The fourth-order valence-electron chi connectivity index (χ4n) is 2.25. The first-order chi connectivity index (χ1) is 9.86. The maximum absolute atomic E-state index is 12.5. The van der Waals surface area contributed by atoms with E-state index in [9.17, 15) is 18.0 Å². The van der Waals surface area contributed by atoms with Crippen molar-refractivity contribution in [2.45, 2.75) is 18.7 Å². The molecule has 1 atom stereocenters. The molecule has 1 N–H and O–H groups in total. The van der Waals surface area contributed by atoms with Crippen molar-refractivity contribution in [2.75, 3.05) is 26.2 Å². The summed E-state index contributed by atoms with van der Waals surface area (Å²) in [7, 11) is 0. The highest BCUT2D eigenvalue weighted by Crippen LogP contribution is 2.31. The van der Waals surface area contributed by atoms with Crippen LogP contribution in [-0.4, -0.2) is 42.2 Å². The van der Waals surface area contributed by atoms with Crippen molar-refractivity contribution >= 4 is 5.97 Å². The summed E-state index contributed by atoms with van der Waals surface area (Å²) in [5, 5.41) is 8.67. The van der Waals surface area contributed by atoms with Crippen molar-refractivity contribution in [3.05, 3.63) is 35.4 Å². The molecule has 0 aliphatic carbocycles. The van der Waals surface area contributed by atoms with Gasteiger partial charge in [0.2, 0.25) is 0 Å². The molecule has 0 bridgehead atoms. The average Bonchev–Trinajstić information content (AvgIpc) is 2.45. The standard InChI is InChI=1S/C14H16F3NO3/c15-14(16,17)11-3-1-10(2-4-11)12-9-18(7-8-21-12)6-5-13(19)20/h1-4,12H,5-9H2,(H,19,20). The Labute approximate surface area is 120 Å². The molecule has 1 fully saturated rings. The van der Waals surface area contributed by atoms with Crippen molar-refractivity contribution < 1.29 is 27.8 Å². The number of ether oxygens (including phenoxy) is 1. The van der Waals surface area contributed by atoms with Crippen LogP contribution in [0.1, 0.15) is 23.7 Å². The topological polar surface area (TPSA) is 49.8 Å². The second-order valence-electron chi connectivity index (χ2n) is 4.92. The number of nitrogens with zero attached hydrogens (tertiary/aromatic N) is 1. The summed E-state index contributed by atoms with van der Waals surface area (Å²) in [4.78, 5) is 12.5. The number of morpholine rings is 1. The number of hydrogen-bond donors (Lipinski definition) is 1. The Bertz CT molecular complexity index is 487. The lowest BCUT2D eigenvalue weighted by Crippen LogP contribution is -2.39. The predicted octanol–water partition coefficient (Wildman–Crippen LogP) is 2.55. The van der Waals surface area contributed by atoms with E-state index in [0.717, 1.165) is 12.1 Å². The molecule has 1 aliphatic heterocycles. The number of carbonyl (C=O) groups is 1. The monoisotopic (exact) mass is 303 g/mol. The number of carboxylic acid groups (broad SMARTS) is 1. The number of aliphatic carboxylic acids is 1. The quantitative estimate of drug-likeness (QED) is 0.929. The molecule has 0 radical (unpaired) electrons. The van der Waals surface area contributed by atoms with Gasteiger partial charge in [-0.1, -0.05) is 12.1 Å². The summed E-state index contributed by atoms with van der Waals surface area (Å²) in [6.45, 7) is 1.96. The molecule has 4 nitrogen and oxygen atoms in total. The van der Waals surface area contributed by atoms with Gasteiger partial charge in [-0.3, -0.25) is 9.69 Å². The Balaban J connectivity index is 1.99. The van der Waals surface area contributed by atoms with Gasteiger partial charge in [0.15, 0.2) is 0 Å². The molecule has 1 aliphatic rings. The van der Waals surface area contributed by atoms with E-state index in [4.69, 9.17) is 9.84 Å². The number of benzene rings is 1. The summed E-state index contributed by atoms with van der Waals surface area (Å²) in [6.07, 6.45) is -4.63. The van der Waals surface area contributed by atoms with E-state index >= 15 is 0 Å². The van der Waals surface area contributed by atoms with Gasteiger partial charge in [-0.25, -0.2) is 0 Å². The molecule has 0 saturated carbocycles. The molecule has 1 aromatic rings. The smallest absolute Gasteiger partial charge is 0.416 e. The number of rotatable bonds is 4. The lowest BCUT2D eigenvalue weighted by Gasteiger charge is -2.32. The third-order valence-electron chi connectivity index (χ3n) is 3.40. The normalized spacial score (nSPS) is 20.4. The van der Waals surface area contributed by atoms with E-state index < -0.39 is 17.7 Å². The first-order valence-electron chi connectivity index (χ1n) is 6.59. The van der Waals surface area contributed by atoms with E-state index in [1.807, 2.05) is 4.90 Å². The van der Waals surface area contributed by atoms with Crippen molar-refractivity contribution in [2.24, 2.45) is 0 Å². The van der Waals surface area contributed by atoms with E-state index in [2.05, 4.69) is 0 Å². The van der Waals surface area contributed by atoms with E-state index in [1.54, 1.807) is 0 Å². The van der Waals surface area contributed by atoms with Crippen molar-refractivity contribution in [3.63, 3.8) is 0 Å². The van der Waals surface area contributed by atoms with Crippen molar-refractivity contribution in [1.82, 2.24) is 4.90 Å². The molecule has 0 amide bonds. The van der Waals surface area contributed by atoms with Crippen LogP contribution in [0.25, 0.3) is 0 Å². The molecule has 0 spiro atoms. The molecule has 116 valence electrons. The lowest BCUT2D eigenvalue weighted by molar-refractivity contribution is -0.138. The Morgan fingerprint density at radius 1 is 1.33 bits per heavy atom. The fraction of sp³-hybridized carbons (Fsp3) is 0.500.